The summed E-state index contributed by atoms with van der Waals surface area (Å²) in [6, 6.07) is 6.21. The van der Waals surface area contributed by atoms with E-state index in [1.54, 1.807) is 0 Å². The second-order valence-electron chi connectivity index (χ2n) is 6.03. The van der Waals surface area contributed by atoms with Crippen molar-refractivity contribution >= 4 is 0 Å². The zero-order valence-electron chi connectivity index (χ0n) is 12.2. The average molecular weight is 276 g/mol. The molecule has 1 unspecified atom stereocenters. The summed E-state index contributed by atoms with van der Waals surface area (Å²) < 4.78 is 10.8. The van der Waals surface area contributed by atoms with Crippen LogP contribution in [0, 0.1) is 5.92 Å². The van der Waals surface area contributed by atoms with Gasteiger partial charge in [-0.1, -0.05) is 13.0 Å². The van der Waals surface area contributed by atoms with Crippen molar-refractivity contribution in [2.75, 3.05) is 33.0 Å². The van der Waals surface area contributed by atoms with Gasteiger partial charge in [0.25, 0.3) is 0 Å². The molecule has 2 aliphatic rings. The number of benzene rings is 1. The Bertz CT molecular complexity index is 456. The highest BCUT2D eigenvalue weighted by Gasteiger charge is 2.21. The Balaban J connectivity index is 1.67. The number of hydrogen-bond acceptors (Lipinski definition) is 4. The summed E-state index contributed by atoms with van der Waals surface area (Å²) in [6.45, 7) is 6.78. The SMILES string of the molecule is CC1CCN(CC(CN)c2ccc3c(c2)OCO3)CC1. The Morgan fingerprint density at radius 2 is 2.00 bits per heavy atom. The quantitative estimate of drug-likeness (QED) is 0.916. The lowest BCUT2D eigenvalue weighted by Crippen LogP contribution is -2.37. The van der Waals surface area contributed by atoms with Gasteiger partial charge in [-0.3, -0.25) is 0 Å². The van der Waals surface area contributed by atoms with E-state index in [0.29, 0.717) is 19.3 Å². The highest BCUT2D eigenvalue weighted by molar-refractivity contribution is 5.45. The maximum absolute atomic E-state index is 6.00. The lowest BCUT2D eigenvalue weighted by molar-refractivity contribution is 0.173. The van der Waals surface area contributed by atoms with E-state index < -0.39 is 0 Å². The number of piperidine rings is 1. The summed E-state index contributed by atoms with van der Waals surface area (Å²) in [5.41, 5.74) is 7.26. The topological polar surface area (TPSA) is 47.7 Å². The molecule has 0 aromatic heterocycles. The van der Waals surface area contributed by atoms with Crippen molar-refractivity contribution in [2.45, 2.75) is 25.7 Å². The first-order valence-electron chi connectivity index (χ1n) is 7.58. The van der Waals surface area contributed by atoms with E-state index in [1.807, 2.05) is 6.07 Å². The van der Waals surface area contributed by atoms with Gasteiger partial charge in [0.1, 0.15) is 0 Å². The molecule has 110 valence electrons. The number of hydrogen-bond donors (Lipinski definition) is 1. The van der Waals surface area contributed by atoms with Crippen LogP contribution in [0.4, 0.5) is 0 Å². The Morgan fingerprint density at radius 3 is 2.75 bits per heavy atom. The molecule has 1 fully saturated rings. The first-order chi connectivity index (χ1) is 9.76. The fourth-order valence-corrected chi connectivity index (χ4v) is 3.04. The molecule has 2 N–H and O–H groups in total. The molecule has 2 aliphatic heterocycles. The molecule has 0 saturated carbocycles. The van der Waals surface area contributed by atoms with Gasteiger partial charge in [0.2, 0.25) is 6.79 Å². The van der Waals surface area contributed by atoms with E-state index in [0.717, 1.165) is 24.0 Å². The van der Waals surface area contributed by atoms with E-state index in [9.17, 15) is 0 Å². The molecule has 0 bridgehead atoms. The molecule has 0 spiro atoms. The third-order valence-corrected chi connectivity index (χ3v) is 4.51. The van der Waals surface area contributed by atoms with E-state index in [2.05, 4.69) is 24.0 Å². The first kappa shape index (κ1) is 13.7. The Labute approximate surface area is 120 Å². The molecule has 1 aromatic carbocycles. The minimum Gasteiger partial charge on any atom is -0.454 e. The molecular weight excluding hydrogens is 252 g/mol. The monoisotopic (exact) mass is 276 g/mol. The molecule has 0 radical (unpaired) electrons. The molecule has 4 heteroatoms. The third kappa shape index (κ3) is 2.91. The minimum absolute atomic E-state index is 0.329. The summed E-state index contributed by atoms with van der Waals surface area (Å²) >= 11 is 0. The molecule has 2 heterocycles. The smallest absolute Gasteiger partial charge is 0.231 e. The van der Waals surface area contributed by atoms with E-state index in [1.165, 1.54) is 31.5 Å². The predicted octanol–water partition coefficient (Wildman–Crippen LogP) is 2.19. The van der Waals surface area contributed by atoms with Gasteiger partial charge in [0.05, 0.1) is 0 Å². The van der Waals surface area contributed by atoms with Crippen LogP contribution in [0.5, 0.6) is 11.5 Å². The highest BCUT2D eigenvalue weighted by atomic mass is 16.7. The van der Waals surface area contributed by atoms with Crippen LogP contribution >= 0.6 is 0 Å². The number of fused-ring (bicyclic) bond motifs is 1. The largest absolute Gasteiger partial charge is 0.454 e. The summed E-state index contributed by atoms with van der Waals surface area (Å²) in [5.74, 6) is 2.94. The fourth-order valence-electron chi connectivity index (χ4n) is 3.04. The van der Waals surface area contributed by atoms with Crippen molar-refractivity contribution in [2.24, 2.45) is 11.7 Å². The van der Waals surface area contributed by atoms with Crippen molar-refractivity contribution < 1.29 is 9.47 Å². The average Bonchev–Trinajstić information content (AvgIpc) is 2.94. The van der Waals surface area contributed by atoms with E-state index >= 15 is 0 Å². The van der Waals surface area contributed by atoms with Crippen molar-refractivity contribution in [1.29, 1.82) is 0 Å². The van der Waals surface area contributed by atoms with Crippen LogP contribution < -0.4 is 15.2 Å². The molecule has 4 nitrogen and oxygen atoms in total. The van der Waals surface area contributed by atoms with E-state index in [4.69, 9.17) is 15.2 Å². The minimum atomic E-state index is 0.329. The number of rotatable bonds is 4. The Kier molecular flexibility index (Phi) is 4.13. The van der Waals surface area contributed by atoms with Crippen LogP contribution in [0.25, 0.3) is 0 Å². The van der Waals surface area contributed by atoms with Crippen molar-refractivity contribution in [3.05, 3.63) is 23.8 Å². The Morgan fingerprint density at radius 1 is 1.25 bits per heavy atom. The van der Waals surface area contributed by atoms with Crippen molar-refractivity contribution in [3.8, 4) is 11.5 Å². The van der Waals surface area contributed by atoms with Gasteiger partial charge < -0.3 is 20.1 Å². The molecule has 1 saturated heterocycles. The van der Waals surface area contributed by atoms with Crippen molar-refractivity contribution in [1.82, 2.24) is 4.90 Å². The third-order valence-electron chi connectivity index (χ3n) is 4.51. The molecule has 0 amide bonds. The Hall–Kier alpha value is -1.26. The lowest BCUT2D eigenvalue weighted by Gasteiger charge is -2.33. The van der Waals surface area contributed by atoms with Crippen LogP contribution in [0.3, 0.4) is 0 Å². The maximum atomic E-state index is 6.00. The van der Waals surface area contributed by atoms with Gasteiger partial charge in [-0.05, 0) is 49.5 Å². The molecule has 0 aliphatic carbocycles. The number of nitrogens with zero attached hydrogens (tertiary/aromatic N) is 1. The van der Waals surface area contributed by atoms with Crippen LogP contribution in [0.1, 0.15) is 31.2 Å². The number of likely N-dealkylation sites (tertiary alicyclic amines) is 1. The first-order valence-corrected chi connectivity index (χ1v) is 7.58. The molecule has 1 aromatic rings. The zero-order chi connectivity index (χ0) is 13.9. The standard InChI is InChI=1S/C16H24N2O2/c1-12-4-6-18(7-5-12)10-14(9-17)13-2-3-15-16(8-13)20-11-19-15/h2-3,8,12,14H,4-7,9-11,17H2,1H3. The predicted molar refractivity (Wildman–Crippen MR) is 79.2 cm³/mol. The summed E-state index contributed by atoms with van der Waals surface area (Å²) in [4.78, 5) is 2.54. The van der Waals surface area contributed by atoms with Gasteiger partial charge >= 0.3 is 0 Å². The molecule has 3 rings (SSSR count). The number of nitrogens with two attached hydrogens (primary N) is 1. The normalized spacial score (nSPS) is 21.1. The second-order valence-corrected chi connectivity index (χ2v) is 6.03. The van der Waals surface area contributed by atoms with Crippen LogP contribution in [0.15, 0.2) is 18.2 Å². The van der Waals surface area contributed by atoms with E-state index in [-0.39, 0.29) is 0 Å². The maximum Gasteiger partial charge on any atom is 0.231 e. The second kappa shape index (κ2) is 6.02. The number of ether oxygens (including phenoxy) is 2. The molecule has 1 atom stereocenters. The van der Waals surface area contributed by atoms with Crippen molar-refractivity contribution in [3.63, 3.8) is 0 Å². The van der Waals surface area contributed by atoms with Gasteiger partial charge in [-0.25, -0.2) is 0 Å². The highest BCUT2D eigenvalue weighted by Crippen LogP contribution is 2.34. The van der Waals surface area contributed by atoms with Gasteiger partial charge in [0, 0.05) is 19.0 Å². The van der Waals surface area contributed by atoms with Gasteiger partial charge in [-0.15, -0.1) is 0 Å². The molecular formula is C16H24N2O2. The summed E-state index contributed by atoms with van der Waals surface area (Å²) in [5, 5.41) is 0. The fraction of sp³-hybridized carbons (Fsp3) is 0.625. The van der Waals surface area contributed by atoms with Gasteiger partial charge in [-0.2, -0.15) is 0 Å². The van der Waals surface area contributed by atoms with Crippen LogP contribution in [0.2, 0.25) is 0 Å². The van der Waals surface area contributed by atoms with Gasteiger partial charge in [0.15, 0.2) is 11.5 Å². The summed E-state index contributed by atoms with van der Waals surface area (Å²) in [7, 11) is 0. The molecule has 20 heavy (non-hydrogen) atoms. The summed E-state index contributed by atoms with van der Waals surface area (Å²) in [6.07, 6.45) is 2.61. The lowest BCUT2D eigenvalue weighted by atomic mass is 9.95. The zero-order valence-corrected chi connectivity index (χ0v) is 12.2. The van der Waals surface area contributed by atoms with Crippen LogP contribution in [-0.2, 0) is 0 Å². The van der Waals surface area contributed by atoms with Crippen LogP contribution in [-0.4, -0.2) is 37.9 Å².